The van der Waals surface area contributed by atoms with E-state index in [2.05, 4.69) is 28.9 Å². The SMILES string of the molecule is COC1(OC)CC2(CN(C(=O)C3CCc4cn[nH]c4C3)C2C(C)C)C1. The van der Waals surface area contributed by atoms with Crippen molar-refractivity contribution in [2.75, 3.05) is 20.8 Å². The number of amides is 1. The average Bonchev–Trinajstić information content (AvgIpc) is 3.00. The fourth-order valence-corrected chi connectivity index (χ4v) is 5.60. The van der Waals surface area contributed by atoms with Gasteiger partial charge in [-0.15, -0.1) is 0 Å². The predicted octanol–water partition coefficient (Wildman–Crippen LogP) is 2.15. The highest BCUT2D eigenvalue weighted by Crippen LogP contribution is 2.61. The first-order valence-corrected chi connectivity index (χ1v) is 9.35. The number of hydrogen-bond acceptors (Lipinski definition) is 4. The van der Waals surface area contributed by atoms with Crippen LogP contribution in [0.4, 0.5) is 0 Å². The van der Waals surface area contributed by atoms with Crippen LogP contribution < -0.4 is 0 Å². The number of carbonyl (C=O) groups is 1. The highest BCUT2D eigenvalue weighted by molar-refractivity contribution is 5.81. The maximum Gasteiger partial charge on any atom is 0.226 e. The quantitative estimate of drug-likeness (QED) is 0.848. The fraction of sp³-hybridized carbons (Fsp3) is 0.789. The molecule has 1 saturated carbocycles. The van der Waals surface area contributed by atoms with Crippen LogP contribution in [0.2, 0.25) is 0 Å². The van der Waals surface area contributed by atoms with Gasteiger partial charge in [0.05, 0.1) is 6.20 Å². The number of rotatable bonds is 4. The van der Waals surface area contributed by atoms with Gasteiger partial charge in [-0.1, -0.05) is 13.8 Å². The maximum atomic E-state index is 13.2. The van der Waals surface area contributed by atoms with E-state index in [1.165, 1.54) is 5.56 Å². The molecule has 3 aliphatic rings. The van der Waals surface area contributed by atoms with Gasteiger partial charge in [-0.3, -0.25) is 9.89 Å². The zero-order valence-corrected chi connectivity index (χ0v) is 15.7. The summed E-state index contributed by atoms with van der Waals surface area (Å²) in [5.74, 6) is 0.395. The van der Waals surface area contributed by atoms with Crippen molar-refractivity contribution >= 4 is 5.91 Å². The molecule has 2 heterocycles. The van der Waals surface area contributed by atoms with Gasteiger partial charge in [0.2, 0.25) is 5.91 Å². The number of H-pyrrole nitrogens is 1. The molecule has 6 heteroatoms. The van der Waals surface area contributed by atoms with Crippen molar-refractivity contribution in [2.45, 2.75) is 57.8 Å². The van der Waals surface area contributed by atoms with Crippen molar-refractivity contribution in [3.8, 4) is 0 Å². The minimum atomic E-state index is -0.446. The average molecular weight is 347 g/mol. The Bertz CT molecular complexity index is 657. The van der Waals surface area contributed by atoms with E-state index in [0.29, 0.717) is 17.9 Å². The van der Waals surface area contributed by atoms with Gasteiger partial charge >= 0.3 is 0 Å². The lowest BCUT2D eigenvalue weighted by atomic mass is 9.52. The Morgan fingerprint density at radius 2 is 2.08 bits per heavy atom. The molecular weight excluding hydrogens is 318 g/mol. The first-order chi connectivity index (χ1) is 11.9. The minimum Gasteiger partial charge on any atom is -0.353 e. The second-order valence-electron chi connectivity index (χ2n) is 8.50. The van der Waals surface area contributed by atoms with E-state index in [4.69, 9.17) is 9.47 Å². The molecule has 1 aliphatic heterocycles. The number of ether oxygens (including phenoxy) is 2. The second kappa shape index (κ2) is 5.81. The Labute approximate surface area is 149 Å². The lowest BCUT2D eigenvalue weighted by Gasteiger charge is -2.68. The molecule has 1 aromatic rings. The number of hydrogen-bond donors (Lipinski definition) is 1. The van der Waals surface area contributed by atoms with Crippen molar-refractivity contribution < 1.29 is 14.3 Å². The van der Waals surface area contributed by atoms with E-state index < -0.39 is 5.79 Å². The van der Waals surface area contributed by atoms with E-state index >= 15 is 0 Å². The number of fused-ring (bicyclic) bond motifs is 1. The molecule has 1 aromatic heterocycles. The molecule has 2 atom stereocenters. The molecule has 4 rings (SSSR count). The Morgan fingerprint density at radius 1 is 1.36 bits per heavy atom. The summed E-state index contributed by atoms with van der Waals surface area (Å²) in [5, 5.41) is 7.18. The van der Waals surface area contributed by atoms with Gasteiger partial charge in [0, 0.05) is 63.1 Å². The topological polar surface area (TPSA) is 67.5 Å². The van der Waals surface area contributed by atoms with E-state index in [1.807, 2.05) is 6.20 Å². The van der Waals surface area contributed by atoms with Crippen LogP contribution in [-0.4, -0.2) is 53.6 Å². The van der Waals surface area contributed by atoms with Crippen molar-refractivity contribution in [2.24, 2.45) is 17.3 Å². The molecule has 6 nitrogen and oxygen atoms in total. The van der Waals surface area contributed by atoms with Gasteiger partial charge in [0.15, 0.2) is 5.79 Å². The number of methoxy groups -OCH3 is 2. The monoisotopic (exact) mass is 347 g/mol. The van der Waals surface area contributed by atoms with Crippen molar-refractivity contribution in [3.63, 3.8) is 0 Å². The van der Waals surface area contributed by atoms with Crippen LogP contribution in [0.5, 0.6) is 0 Å². The Kier molecular flexibility index (Phi) is 3.96. The van der Waals surface area contributed by atoms with Crippen LogP contribution >= 0.6 is 0 Å². The van der Waals surface area contributed by atoms with Crippen LogP contribution in [-0.2, 0) is 27.1 Å². The Balaban J connectivity index is 1.46. The molecule has 138 valence electrons. The lowest BCUT2D eigenvalue weighted by Crippen LogP contribution is -2.77. The molecule has 2 aliphatic carbocycles. The largest absolute Gasteiger partial charge is 0.353 e. The third-order valence-corrected chi connectivity index (χ3v) is 6.72. The first-order valence-electron chi connectivity index (χ1n) is 9.35. The highest BCUT2D eigenvalue weighted by atomic mass is 16.7. The molecule has 0 radical (unpaired) electrons. The fourth-order valence-electron chi connectivity index (χ4n) is 5.60. The molecule has 2 fully saturated rings. The van der Waals surface area contributed by atoms with E-state index in [0.717, 1.165) is 44.3 Å². The minimum absolute atomic E-state index is 0.0845. The third kappa shape index (κ3) is 2.45. The number of nitrogens with zero attached hydrogens (tertiary/aromatic N) is 2. The van der Waals surface area contributed by atoms with E-state index in [9.17, 15) is 4.79 Å². The van der Waals surface area contributed by atoms with Gasteiger partial charge in [0.1, 0.15) is 0 Å². The molecule has 1 saturated heterocycles. The number of aryl methyl sites for hydroxylation is 1. The van der Waals surface area contributed by atoms with Gasteiger partial charge in [-0.25, -0.2) is 0 Å². The number of aromatic nitrogens is 2. The number of carbonyl (C=O) groups excluding carboxylic acids is 1. The smallest absolute Gasteiger partial charge is 0.226 e. The summed E-state index contributed by atoms with van der Waals surface area (Å²) in [5.41, 5.74) is 2.58. The number of likely N-dealkylation sites (tertiary alicyclic amines) is 1. The highest BCUT2D eigenvalue weighted by Gasteiger charge is 2.68. The molecule has 0 bridgehead atoms. The van der Waals surface area contributed by atoms with Gasteiger partial charge in [-0.05, 0) is 24.3 Å². The lowest BCUT2D eigenvalue weighted by molar-refractivity contribution is -0.334. The molecule has 1 amide bonds. The second-order valence-corrected chi connectivity index (χ2v) is 8.50. The first kappa shape index (κ1) is 17.0. The van der Waals surface area contributed by atoms with Crippen LogP contribution in [0, 0.1) is 17.3 Å². The number of nitrogens with one attached hydrogen (secondary N) is 1. The van der Waals surface area contributed by atoms with Crippen molar-refractivity contribution in [3.05, 3.63) is 17.5 Å². The van der Waals surface area contributed by atoms with Crippen molar-refractivity contribution in [1.29, 1.82) is 0 Å². The standard InChI is InChI=1S/C19H29N3O3/c1-12(2)16-18(9-19(10-18,24-3)25-4)11-22(16)17(23)13-5-6-14-8-20-21-15(14)7-13/h8,12-13,16H,5-7,9-11H2,1-4H3,(H,20,21). The summed E-state index contributed by atoms with van der Waals surface area (Å²) in [6.07, 6.45) is 6.34. The van der Waals surface area contributed by atoms with Crippen LogP contribution in [0.1, 0.15) is 44.4 Å². The molecular formula is C19H29N3O3. The van der Waals surface area contributed by atoms with Gasteiger partial charge in [0.25, 0.3) is 0 Å². The molecule has 0 aromatic carbocycles. The molecule has 25 heavy (non-hydrogen) atoms. The van der Waals surface area contributed by atoms with Crippen molar-refractivity contribution in [1.82, 2.24) is 15.1 Å². The summed E-state index contributed by atoms with van der Waals surface area (Å²) in [6, 6.07) is 0.293. The summed E-state index contributed by atoms with van der Waals surface area (Å²) < 4.78 is 11.2. The zero-order chi connectivity index (χ0) is 17.8. The Hall–Kier alpha value is -1.40. The maximum absolute atomic E-state index is 13.2. The predicted molar refractivity (Wildman–Crippen MR) is 92.9 cm³/mol. The third-order valence-electron chi connectivity index (χ3n) is 6.72. The zero-order valence-electron chi connectivity index (χ0n) is 15.7. The summed E-state index contributed by atoms with van der Waals surface area (Å²) in [7, 11) is 3.43. The summed E-state index contributed by atoms with van der Waals surface area (Å²) in [4.78, 5) is 15.3. The van der Waals surface area contributed by atoms with E-state index in [-0.39, 0.29) is 11.3 Å². The van der Waals surface area contributed by atoms with Gasteiger partial charge < -0.3 is 14.4 Å². The van der Waals surface area contributed by atoms with Crippen LogP contribution in [0.25, 0.3) is 0 Å². The summed E-state index contributed by atoms with van der Waals surface area (Å²) in [6.45, 7) is 5.29. The normalized spacial score (nSPS) is 29.2. The summed E-state index contributed by atoms with van der Waals surface area (Å²) >= 11 is 0. The van der Waals surface area contributed by atoms with E-state index in [1.54, 1.807) is 14.2 Å². The molecule has 1 N–H and O–H groups in total. The molecule has 2 unspecified atom stereocenters. The van der Waals surface area contributed by atoms with Gasteiger partial charge in [-0.2, -0.15) is 5.10 Å². The van der Waals surface area contributed by atoms with Crippen LogP contribution in [0.15, 0.2) is 6.20 Å². The number of aromatic amines is 1. The van der Waals surface area contributed by atoms with Crippen LogP contribution in [0.3, 0.4) is 0 Å². The molecule has 1 spiro atoms. The Morgan fingerprint density at radius 3 is 2.72 bits per heavy atom.